The van der Waals surface area contributed by atoms with Crippen molar-refractivity contribution in [3.8, 4) is 11.1 Å². The highest BCUT2D eigenvalue weighted by molar-refractivity contribution is 6.44. The van der Waals surface area contributed by atoms with Crippen LogP contribution in [-0.4, -0.2) is 23.2 Å². The number of primary amides is 1. The predicted octanol–water partition coefficient (Wildman–Crippen LogP) is 4.55. The molecular weight excluding hydrogens is 397 g/mol. The molecule has 0 aliphatic carbocycles. The second kappa shape index (κ2) is 7.26. The van der Waals surface area contributed by atoms with E-state index in [1.54, 1.807) is 42.6 Å². The molecular formula is C21H15Cl2N3O2. The number of aromatic nitrogens is 1. The molecule has 0 radical (unpaired) electrons. The number of Topliss-reactive ketones (excluding diaryl/α,β-unsaturated/α-hetero) is 1. The Labute approximate surface area is 171 Å². The largest absolute Gasteiger partial charge is 0.369 e. The van der Waals surface area contributed by atoms with Gasteiger partial charge in [0, 0.05) is 29.4 Å². The van der Waals surface area contributed by atoms with Gasteiger partial charge in [-0.3, -0.25) is 9.59 Å². The average Bonchev–Trinajstić information content (AvgIpc) is 3.14. The van der Waals surface area contributed by atoms with E-state index in [0.29, 0.717) is 28.5 Å². The standard InChI is InChI=1S/C21H15Cl2N3O2/c22-16-6-2-5-14(18(16)23)19(27)15-10-26-21-17(15)13(7-8-25-21)11-3-1-4-12(9-11)20(24)28/h1-9,15H,10H2,(H2,24,28)(H,25,26). The summed E-state index contributed by atoms with van der Waals surface area (Å²) in [5.41, 5.74) is 8.55. The zero-order chi connectivity index (χ0) is 19.8. The molecule has 0 bridgehead atoms. The van der Waals surface area contributed by atoms with Crippen LogP contribution in [0.15, 0.2) is 54.7 Å². The lowest BCUT2D eigenvalue weighted by molar-refractivity contribution is 0.0965. The van der Waals surface area contributed by atoms with E-state index < -0.39 is 11.8 Å². The number of nitrogens with one attached hydrogen (secondary N) is 1. The summed E-state index contributed by atoms with van der Waals surface area (Å²) in [5.74, 6) is -0.492. The summed E-state index contributed by atoms with van der Waals surface area (Å²) in [6, 6.07) is 13.8. The van der Waals surface area contributed by atoms with Gasteiger partial charge in [0.25, 0.3) is 0 Å². The number of fused-ring (bicyclic) bond motifs is 1. The highest BCUT2D eigenvalue weighted by Crippen LogP contribution is 2.41. The van der Waals surface area contributed by atoms with Gasteiger partial charge in [-0.25, -0.2) is 4.98 Å². The topological polar surface area (TPSA) is 85.1 Å². The molecule has 1 aliphatic heterocycles. The molecule has 4 rings (SSSR count). The van der Waals surface area contributed by atoms with Gasteiger partial charge < -0.3 is 11.1 Å². The zero-order valence-electron chi connectivity index (χ0n) is 14.6. The molecule has 3 aromatic rings. The maximum atomic E-state index is 13.3. The summed E-state index contributed by atoms with van der Waals surface area (Å²) in [4.78, 5) is 29.2. The molecule has 5 nitrogen and oxygen atoms in total. The van der Waals surface area contributed by atoms with Crippen LogP contribution in [0.4, 0.5) is 5.82 Å². The van der Waals surface area contributed by atoms with Gasteiger partial charge in [-0.05, 0) is 41.5 Å². The number of rotatable bonds is 4. The minimum atomic E-state index is -0.510. The Balaban J connectivity index is 1.82. The lowest BCUT2D eigenvalue weighted by Gasteiger charge is -2.15. The molecule has 28 heavy (non-hydrogen) atoms. The normalized spacial score (nSPS) is 15.0. The number of hydrogen-bond acceptors (Lipinski definition) is 4. The Morgan fingerprint density at radius 1 is 1.11 bits per heavy atom. The van der Waals surface area contributed by atoms with E-state index in [1.807, 2.05) is 12.1 Å². The summed E-state index contributed by atoms with van der Waals surface area (Å²) in [6.07, 6.45) is 1.66. The van der Waals surface area contributed by atoms with Crippen molar-refractivity contribution >= 4 is 40.7 Å². The van der Waals surface area contributed by atoms with Gasteiger partial charge in [0.05, 0.1) is 16.0 Å². The molecule has 2 aromatic carbocycles. The summed E-state index contributed by atoms with van der Waals surface area (Å²) in [7, 11) is 0. The molecule has 1 aliphatic rings. The van der Waals surface area contributed by atoms with Crippen molar-refractivity contribution in [2.75, 3.05) is 11.9 Å². The Morgan fingerprint density at radius 2 is 1.89 bits per heavy atom. The number of halogens is 2. The molecule has 0 fully saturated rings. The number of carbonyl (C=O) groups is 2. The van der Waals surface area contributed by atoms with Crippen LogP contribution >= 0.6 is 23.2 Å². The van der Waals surface area contributed by atoms with Crippen molar-refractivity contribution in [1.82, 2.24) is 4.98 Å². The summed E-state index contributed by atoms with van der Waals surface area (Å²) in [5, 5.41) is 3.76. The minimum Gasteiger partial charge on any atom is -0.369 e. The van der Waals surface area contributed by atoms with Crippen molar-refractivity contribution < 1.29 is 9.59 Å². The number of nitrogens with two attached hydrogens (primary N) is 1. The van der Waals surface area contributed by atoms with Gasteiger partial charge in [-0.2, -0.15) is 0 Å². The van der Waals surface area contributed by atoms with Crippen molar-refractivity contribution in [2.45, 2.75) is 5.92 Å². The van der Waals surface area contributed by atoms with Crippen molar-refractivity contribution in [3.63, 3.8) is 0 Å². The summed E-state index contributed by atoms with van der Waals surface area (Å²) < 4.78 is 0. The van der Waals surface area contributed by atoms with E-state index in [1.165, 1.54) is 0 Å². The molecule has 140 valence electrons. The molecule has 0 saturated heterocycles. The molecule has 1 amide bonds. The zero-order valence-corrected chi connectivity index (χ0v) is 16.1. The average molecular weight is 412 g/mol. The van der Waals surface area contributed by atoms with E-state index in [0.717, 1.165) is 16.7 Å². The molecule has 3 N–H and O–H groups in total. The number of amides is 1. The monoisotopic (exact) mass is 411 g/mol. The lowest BCUT2D eigenvalue weighted by Crippen LogP contribution is -2.16. The van der Waals surface area contributed by atoms with E-state index in [2.05, 4.69) is 10.3 Å². The molecule has 2 heterocycles. The van der Waals surface area contributed by atoms with Gasteiger partial charge in [-0.1, -0.05) is 41.4 Å². The molecule has 1 atom stereocenters. The number of hydrogen-bond donors (Lipinski definition) is 2. The third-order valence-electron chi connectivity index (χ3n) is 4.80. The van der Waals surface area contributed by atoms with Crippen LogP contribution in [0.3, 0.4) is 0 Å². The fourth-order valence-electron chi connectivity index (χ4n) is 3.46. The van der Waals surface area contributed by atoms with Gasteiger partial charge >= 0.3 is 0 Å². The van der Waals surface area contributed by atoms with Gasteiger partial charge in [0.15, 0.2) is 5.78 Å². The van der Waals surface area contributed by atoms with E-state index in [9.17, 15) is 9.59 Å². The molecule has 7 heteroatoms. The third kappa shape index (κ3) is 3.13. The second-order valence-corrected chi connectivity index (χ2v) is 7.25. The first kappa shape index (κ1) is 18.5. The van der Waals surface area contributed by atoms with E-state index in [4.69, 9.17) is 28.9 Å². The van der Waals surface area contributed by atoms with Crippen LogP contribution in [0.1, 0.15) is 32.2 Å². The van der Waals surface area contributed by atoms with Crippen LogP contribution in [0.5, 0.6) is 0 Å². The Hall–Kier alpha value is -2.89. The molecule has 1 aromatic heterocycles. The van der Waals surface area contributed by atoms with Crippen LogP contribution in [0, 0.1) is 0 Å². The Kier molecular flexibility index (Phi) is 4.79. The highest BCUT2D eigenvalue weighted by Gasteiger charge is 2.34. The summed E-state index contributed by atoms with van der Waals surface area (Å²) >= 11 is 12.3. The van der Waals surface area contributed by atoms with Crippen LogP contribution < -0.4 is 11.1 Å². The number of nitrogens with zero attached hydrogens (tertiary/aromatic N) is 1. The fraction of sp³-hybridized carbons (Fsp3) is 0.0952. The SMILES string of the molecule is NC(=O)c1cccc(-c2ccnc3c2C(C(=O)c2cccc(Cl)c2Cl)CN3)c1. The maximum absolute atomic E-state index is 13.3. The Morgan fingerprint density at radius 3 is 2.68 bits per heavy atom. The Bertz CT molecular complexity index is 1110. The van der Waals surface area contributed by atoms with Crippen LogP contribution in [0.25, 0.3) is 11.1 Å². The smallest absolute Gasteiger partial charge is 0.248 e. The first-order valence-electron chi connectivity index (χ1n) is 8.58. The first-order valence-corrected chi connectivity index (χ1v) is 9.34. The number of ketones is 1. The van der Waals surface area contributed by atoms with Crippen LogP contribution in [0.2, 0.25) is 10.0 Å². The number of carbonyl (C=O) groups excluding carboxylic acids is 2. The summed E-state index contributed by atoms with van der Waals surface area (Å²) in [6.45, 7) is 0.399. The van der Waals surface area contributed by atoms with Crippen molar-refractivity contribution in [1.29, 1.82) is 0 Å². The van der Waals surface area contributed by atoms with Crippen molar-refractivity contribution in [3.05, 3.63) is 81.5 Å². The second-order valence-electron chi connectivity index (χ2n) is 6.46. The van der Waals surface area contributed by atoms with E-state index in [-0.39, 0.29) is 10.8 Å². The highest BCUT2D eigenvalue weighted by atomic mass is 35.5. The number of anilines is 1. The molecule has 0 saturated carbocycles. The molecule has 1 unspecified atom stereocenters. The van der Waals surface area contributed by atoms with E-state index >= 15 is 0 Å². The van der Waals surface area contributed by atoms with Crippen molar-refractivity contribution in [2.24, 2.45) is 5.73 Å². The van der Waals surface area contributed by atoms with Gasteiger partial charge in [-0.15, -0.1) is 0 Å². The van der Waals surface area contributed by atoms with Gasteiger partial charge in [0.1, 0.15) is 5.82 Å². The van der Waals surface area contributed by atoms with Crippen LogP contribution in [-0.2, 0) is 0 Å². The predicted molar refractivity (Wildman–Crippen MR) is 110 cm³/mol. The van der Waals surface area contributed by atoms with Gasteiger partial charge in [0.2, 0.25) is 5.91 Å². The lowest BCUT2D eigenvalue weighted by atomic mass is 9.87. The maximum Gasteiger partial charge on any atom is 0.248 e. The number of benzene rings is 2. The first-order chi connectivity index (χ1) is 13.5. The number of pyridine rings is 1. The fourth-order valence-corrected chi connectivity index (χ4v) is 3.86. The third-order valence-corrected chi connectivity index (χ3v) is 5.62. The molecule has 0 spiro atoms. The minimum absolute atomic E-state index is 0.140. The quantitative estimate of drug-likeness (QED) is 0.616.